The smallest absolute Gasteiger partial charge is 0.139 e. The Morgan fingerprint density at radius 1 is 0.773 bits per heavy atom. The highest BCUT2D eigenvalue weighted by molar-refractivity contribution is 6.35. The molecule has 0 spiro atoms. The topological polar surface area (TPSA) is 28.7 Å². The normalized spacial score (nSPS) is 11.0. The van der Waals surface area contributed by atoms with Crippen LogP contribution in [0.1, 0.15) is 0 Å². The summed E-state index contributed by atoms with van der Waals surface area (Å²) >= 11 is 6.38. The number of nitrogens with zero attached hydrogens (tertiary/aromatic N) is 1. The van der Waals surface area contributed by atoms with Gasteiger partial charge in [0.05, 0.1) is 11.2 Å². The number of pyridine rings is 1. The summed E-state index contributed by atoms with van der Waals surface area (Å²) in [7, 11) is 0. The van der Waals surface area contributed by atoms with Crippen LogP contribution in [0.2, 0.25) is 5.15 Å². The van der Waals surface area contributed by atoms with E-state index in [1.54, 1.807) is 6.20 Å². The molecule has 0 atom stereocenters. The zero-order valence-corrected chi connectivity index (χ0v) is 12.5. The summed E-state index contributed by atoms with van der Waals surface area (Å²) in [6.45, 7) is 0. The first-order chi connectivity index (χ1) is 10.8. The van der Waals surface area contributed by atoms with Crippen LogP contribution in [0.3, 0.4) is 0 Å². The maximum atomic E-state index is 6.38. The molecule has 2 aromatic heterocycles. The van der Waals surface area contributed by atoms with E-state index in [1.807, 2.05) is 42.5 Å². The van der Waals surface area contributed by atoms with Crippen molar-refractivity contribution in [2.75, 3.05) is 0 Å². The Morgan fingerprint density at radius 2 is 1.41 bits per heavy atom. The van der Waals surface area contributed by atoms with Crippen molar-refractivity contribution in [1.82, 2.24) is 9.97 Å². The molecular formula is C19H13ClN2. The quantitative estimate of drug-likeness (QED) is 0.483. The zero-order valence-electron chi connectivity index (χ0n) is 11.8. The monoisotopic (exact) mass is 304 g/mol. The number of rotatable bonds is 2. The van der Waals surface area contributed by atoms with Gasteiger partial charge in [-0.25, -0.2) is 4.98 Å². The molecule has 22 heavy (non-hydrogen) atoms. The highest BCUT2D eigenvalue weighted by atomic mass is 35.5. The van der Waals surface area contributed by atoms with Gasteiger partial charge >= 0.3 is 0 Å². The molecule has 0 amide bonds. The number of nitrogens with one attached hydrogen (secondary N) is 1. The SMILES string of the molecule is Clc1nccc2[nH]c(-c3ccccc3)c(-c3ccccc3)c12. The molecule has 0 aliphatic carbocycles. The van der Waals surface area contributed by atoms with Crippen molar-refractivity contribution in [2.24, 2.45) is 0 Å². The van der Waals surface area contributed by atoms with Gasteiger partial charge in [-0.2, -0.15) is 0 Å². The van der Waals surface area contributed by atoms with Gasteiger partial charge in [-0.15, -0.1) is 0 Å². The Labute approximate surface area is 133 Å². The van der Waals surface area contributed by atoms with Crippen LogP contribution >= 0.6 is 11.6 Å². The molecule has 2 heterocycles. The van der Waals surface area contributed by atoms with E-state index in [1.165, 1.54) is 0 Å². The molecule has 0 fully saturated rings. The van der Waals surface area contributed by atoms with Gasteiger partial charge in [0.2, 0.25) is 0 Å². The van der Waals surface area contributed by atoms with Crippen molar-refractivity contribution in [3.05, 3.63) is 78.1 Å². The predicted octanol–water partition coefficient (Wildman–Crippen LogP) is 5.55. The molecule has 3 heteroatoms. The van der Waals surface area contributed by atoms with Gasteiger partial charge in [0.25, 0.3) is 0 Å². The van der Waals surface area contributed by atoms with Gasteiger partial charge in [-0.3, -0.25) is 0 Å². The van der Waals surface area contributed by atoms with Crippen molar-refractivity contribution in [3.8, 4) is 22.4 Å². The van der Waals surface area contributed by atoms with Gasteiger partial charge in [0, 0.05) is 17.1 Å². The van der Waals surface area contributed by atoms with Crippen molar-refractivity contribution < 1.29 is 0 Å². The Balaban J connectivity index is 2.11. The molecule has 0 aliphatic heterocycles. The van der Waals surface area contributed by atoms with Crippen molar-refractivity contribution in [2.45, 2.75) is 0 Å². The lowest BCUT2D eigenvalue weighted by molar-refractivity contribution is 1.35. The van der Waals surface area contributed by atoms with Crippen LogP contribution in [0.5, 0.6) is 0 Å². The third-order valence-corrected chi connectivity index (χ3v) is 4.08. The fraction of sp³-hybridized carbons (Fsp3) is 0. The third-order valence-electron chi connectivity index (χ3n) is 3.79. The summed E-state index contributed by atoms with van der Waals surface area (Å²) in [4.78, 5) is 7.74. The molecule has 4 rings (SSSR count). The Bertz CT molecular complexity index is 928. The van der Waals surface area contributed by atoms with E-state index >= 15 is 0 Å². The summed E-state index contributed by atoms with van der Waals surface area (Å²) in [5, 5.41) is 1.49. The van der Waals surface area contributed by atoms with Gasteiger partial charge in [-0.05, 0) is 17.2 Å². The highest BCUT2D eigenvalue weighted by Crippen LogP contribution is 2.40. The average molecular weight is 305 g/mol. The number of benzene rings is 2. The third kappa shape index (κ3) is 2.09. The van der Waals surface area contributed by atoms with Gasteiger partial charge < -0.3 is 4.98 Å². The Kier molecular flexibility index (Phi) is 3.17. The fourth-order valence-corrected chi connectivity index (χ4v) is 3.07. The van der Waals surface area contributed by atoms with Crippen LogP contribution in [0.15, 0.2) is 72.9 Å². The summed E-state index contributed by atoms with van der Waals surface area (Å²) in [6, 6.07) is 22.5. The molecule has 0 saturated heterocycles. The first kappa shape index (κ1) is 13.1. The number of fused-ring (bicyclic) bond motifs is 1. The van der Waals surface area contributed by atoms with E-state index in [0.29, 0.717) is 5.15 Å². The molecule has 0 radical (unpaired) electrons. The van der Waals surface area contributed by atoms with Crippen LogP contribution in [-0.4, -0.2) is 9.97 Å². The summed E-state index contributed by atoms with van der Waals surface area (Å²) in [6.07, 6.45) is 1.73. The molecular weight excluding hydrogens is 292 g/mol. The molecule has 2 aromatic carbocycles. The average Bonchev–Trinajstić information content (AvgIpc) is 2.97. The molecule has 1 N–H and O–H groups in total. The fourth-order valence-electron chi connectivity index (χ4n) is 2.82. The minimum atomic E-state index is 0.523. The van der Waals surface area contributed by atoms with Gasteiger partial charge in [-0.1, -0.05) is 72.3 Å². The van der Waals surface area contributed by atoms with Crippen LogP contribution in [0, 0.1) is 0 Å². The van der Waals surface area contributed by atoms with E-state index in [0.717, 1.165) is 33.3 Å². The second kappa shape index (κ2) is 5.32. The summed E-state index contributed by atoms with van der Waals surface area (Å²) < 4.78 is 0. The van der Waals surface area contributed by atoms with Gasteiger partial charge in [0.1, 0.15) is 5.15 Å². The molecule has 0 saturated carbocycles. The lowest BCUT2D eigenvalue weighted by atomic mass is 9.99. The minimum absolute atomic E-state index is 0.523. The molecule has 0 unspecified atom stereocenters. The number of hydrogen-bond donors (Lipinski definition) is 1. The number of H-pyrrole nitrogens is 1. The van der Waals surface area contributed by atoms with Crippen molar-refractivity contribution in [3.63, 3.8) is 0 Å². The van der Waals surface area contributed by atoms with Crippen LogP contribution in [0.4, 0.5) is 0 Å². The molecule has 2 nitrogen and oxygen atoms in total. The van der Waals surface area contributed by atoms with E-state index in [-0.39, 0.29) is 0 Å². The highest BCUT2D eigenvalue weighted by Gasteiger charge is 2.17. The summed E-state index contributed by atoms with van der Waals surface area (Å²) in [5.74, 6) is 0. The number of aromatic amines is 1. The van der Waals surface area contributed by atoms with Crippen molar-refractivity contribution >= 4 is 22.5 Å². The standard InChI is InChI=1S/C19H13ClN2/c20-19-17-15(11-12-21-19)22-18(14-9-5-2-6-10-14)16(17)13-7-3-1-4-8-13/h1-12,22H. The van der Waals surface area contributed by atoms with Crippen LogP contribution < -0.4 is 0 Å². The molecule has 0 aliphatic rings. The second-order valence-corrected chi connectivity index (χ2v) is 5.49. The Hall–Kier alpha value is -2.58. The maximum Gasteiger partial charge on any atom is 0.139 e. The zero-order chi connectivity index (χ0) is 14.9. The molecule has 106 valence electrons. The lowest BCUT2D eigenvalue weighted by Crippen LogP contribution is -1.83. The van der Waals surface area contributed by atoms with E-state index in [9.17, 15) is 0 Å². The maximum absolute atomic E-state index is 6.38. The van der Waals surface area contributed by atoms with E-state index in [2.05, 4.69) is 34.2 Å². The van der Waals surface area contributed by atoms with Gasteiger partial charge in [0.15, 0.2) is 0 Å². The second-order valence-electron chi connectivity index (χ2n) is 5.13. The number of hydrogen-bond acceptors (Lipinski definition) is 1. The Morgan fingerprint density at radius 3 is 2.09 bits per heavy atom. The largest absolute Gasteiger partial charge is 0.354 e. The number of aromatic nitrogens is 2. The van der Waals surface area contributed by atoms with Crippen LogP contribution in [-0.2, 0) is 0 Å². The lowest BCUT2D eigenvalue weighted by Gasteiger charge is -2.06. The van der Waals surface area contributed by atoms with Crippen molar-refractivity contribution in [1.29, 1.82) is 0 Å². The minimum Gasteiger partial charge on any atom is -0.354 e. The first-order valence-corrected chi connectivity index (χ1v) is 7.49. The number of halogens is 1. The molecule has 0 bridgehead atoms. The predicted molar refractivity (Wildman–Crippen MR) is 92.0 cm³/mol. The van der Waals surface area contributed by atoms with E-state index in [4.69, 9.17) is 11.6 Å². The summed E-state index contributed by atoms with van der Waals surface area (Å²) in [5.41, 5.74) is 5.42. The first-order valence-electron chi connectivity index (χ1n) is 7.11. The van der Waals surface area contributed by atoms with Crippen LogP contribution in [0.25, 0.3) is 33.3 Å². The molecule has 4 aromatic rings. The van der Waals surface area contributed by atoms with E-state index < -0.39 is 0 Å².